The van der Waals surface area contributed by atoms with Gasteiger partial charge in [-0.3, -0.25) is 4.90 Å². The summed E-state index contributed by atoms with van der Waals surface area (Å²) in [6.07, 6.45) is 0.992. The van der Waals surface area contributed by atoms with Crippen LogP contribution >= 0.6 is 12.4 Å². The van der Waals surface area contributed by atoms with Gasteiger partial charge < -0.3 is 10.5 Å². The van der Waals surface area contributed by atoms with E-state index in [1.54, 1.807) is 12.1 Å². The molecule has 0 aromatic heterocycles. The van der Waals surface area contributed by atoms with Gasteiger partial charge in [0.2, 0.25) is 0 Å². The Hall–Kier alpha value is -0.840. The minimum Gasteiger partial charge on any atom is -0.494 e. The summed E-state index contributed by atoms with van der Waals surface area (Å²) in [4.78, 5) is 2.34. The summed E-state index contributed by atoms with van der Waals surface area (Å²) in [5, 5.41) is 0. The number of methoxy groups -OCH3 is 1. The maximum Gasteiger partial charge on any atom is 0.165 e. The minimum atomic E-state index is -0.298. The molecule has 1 aromatic rings. The Balaban J connectivity index is 0.00000200. The van der Waals surface area contributed by atoms with Gasteiger partial charge in [0, 0.05) is 25.7 Å². The van der Waals surface area contributed by atoms with Crippen LogP contribution in [0.2, 0.25) is 0 Å². The predicted molar refractivity (Wildman–Crippen MR) is 81.9 cm³/mol. The first-order chi connectivity index (χ1) is 8.92. The molecule has 1 aromatic carbocycles. The van der Waals surface area contributed by atoms with Crippen molar-refractivity contribution in [3.63, 3.8) is 0 Å². The monoisotopic (exact) mass is 302 g/mol. The molecule has 1 unspecified atom stereocenters. The minimum absolute atomic E-state index is 0. The average molecular weight is 303 g/mol. The average Bonchev–Trinajstić information content (AvgIpc) is 2.34. The highest BCUT2D eigenvalue weighted by molar-refractivity contribution is 5.85. The van der Waals surface area contributed by atoms with E-state index in [4.69, 9.17) is 10.5 Å². The molecule has 2 rings (SSSR count). The van der Waals surface area contributed by atoms with E-state index < -0.39 is 0 Å². The molecule has 0 saturated carbocycles. The second-order valence-corrected chi connectivity index (χ2v) is 6.06. The maximum absolute atomic E-state index is 13.7. The van der Waals surface area contributed by atoms with Gasteiger partial charge in [0.1, 0.15) is 0 Å². The molecule has 1 fully saturated rings. The fourth-order valence-corrected chi connectivity index (χ4v) is 2.69. The molecule has 0 amide bonds. The molecule has 3 nitrogen and oxygen atoms in total. The largest absolute Gasteiger partial charge is 0.494 e. The van der Waals surface area contributed by atoms with E-state index in [9.17, 15) is 4.39 Å². The van der Waals surface area contributed by atoms with Gasteiger partial charge in [-0.15, -0.1) is 12.4 Å². The van der Waals surface area contributed by atoms with Gasteiger partial charge in [0.05, 0.1) is 7.11 Å². The number of nitrogens with two attached hydrogens (primary N) is 1. The SMILES string of the molecule is COc1ccc(CN2CCC(N)C(C)(C)C2)cc1F.Cl. The van der Waals surface area contributed by atoms with Crippen molar-refractivity contribution >= 4 is 12.4 Å². The van der Waals surface area contributed by atoms with E-state index in [1.807, 2.05) is 6.07 Å². The molecule has 0 spiro atoms. The molecule has 0 bridgehead atoms. The summed E-state index contributed by atoms with van der Waals surface area (Å²) >= 11 is 0. The Bertz CT molecular complexity index is 453. The molecule has 1 heterocycles. The van der Waals surface area contributed by atoms with Crippen molar-refractivity contribution in [1.82, 2.24) is 4.90 Å². The van der Waals surface area contributed by atoms with Crippen LogP contribution in [0.5, 0.6) is 5.75 Å². The molecule has 1 saturated heterocycles. The van der Waals surface area contributed by atoms with Gasteiger partial charge >= 0.3 is 0 Å². The van der Waals surface area contributed by atoms with Gasteiger partial charge in [0.15, 0.2) is 11.6 Å². The lowest BCUT2D eigenvalue weighted by molar-refractivity contribution is 0.0898. The number of nitrogens with zero attached hydrogens (tertiary/aromatic N) is 1. The van der Waals surface area contributed by atoms with Crippen LogP contribution in [0.1, 0.15) is 25.8 Å². The normalized spacial score (nSPS) is 22.1. The zero-order valence-electron chi connectivity index (χ0n) is 12.4. The lowest BCUT2D eigenvalue weighted by Crippen LogP contribution is -2.52. The second kappa shape index (κ2) is 6.74. The van der Waals surface area contributed by atoms with E-state index in [1.165, 1.54) is 7.11 Å². The summed E-state index contributed by atoms with van der Waals surface area (Å²) in [5.41, 5.74) is 7.22. The number of ether oxygens (including phenoxy) is 1. The number of halogens is 2. The fraction of sp³-hybridized carbons (Fsp3) is 0.600. The van der Waals surface area contributed by atoms with Crippen LogP contribution in [-0.2, 0) is 6.54 Å². The first-order valence-electron chi connectivity index (χ1n) is 6.73. The number of rotatable bonds is 3. The van der Waals surface area contributed by atoms with E-state index in [-0.39, 0.29) is 29.7 Å². The highest BCUT2D eigenvalue weighted by Crippen LogP contribution is 2.29. The van der Waals surface area contributed by atoms with Crippen molar-refractivity contribution in [2.75, 3.05) is 20.2 Å². The summed E-state index contributed by atoms with van der Waals surface area (Å²) < 4.78 is 18.6. The van der Waals surface area contributed by atoms with Crippen LogP contribution < -0.4 is 10.5 Å². The molecule has 0 aliphatic carbocycles. The Kier molecular flexibility index (Phi) is 5.80. The van der Waals surface area contributed by atoms with Crippen LogP contribution in [-0.4, -0.2) is 31.1 Å². The van der Waals surface area contributed by atoms with E-state index in [0.29, 0.717) is 5.75 Å². The Morgan fingerprint density at radius 3 is 2.70 bits per heavy atom. The van der Waals surface area contributed by atoms with Gasteiger partial charge in [0.25, 0.3) is 0 Å². The molecule has 1 atom stereocenters. The van der Waals surface area contributed by atoms with Crippen LogP contribution in [0.4, 0.5) is 4.39 Å². The lowest BCUT2D eigenvalue weighted by Gasteiger charge is -2.42. The van der Waals surface area contributed by atoms with Crippen molar-refractivity contribution < 1.29 is 9.13 Å². The zero-order chi connectivity index (χ0) is 14.0. The number of hydrogen-bond acceptors (Lipinski definition) is 3. The van der Waals surface area contributed by atoms with Crippen LogP contribution in [0.15, 0.2) is 18.2 Å². The molecule has 5 heteroatoms. The number of piperidine rings is 1. The standard InChI is InChI=1S/C15H23FN2O.ClH/c1-15(2)10-18(7-6-14(15)17)9-11-4-5-13(19-3)12(16)8-11;/h4-5,8,14H,6-7,9-10,17H2,1-3H3;1H. The van der Waals surface area contributed by atoms with Crippen molar-refractivity contribution in [3.05, 3.63) is 29.6 Å². The zero-order valence-corrected chi connectivity index (χ0v) is 13.2. The molecule has 0 radical (unpaired) electrons. The summed E-state index contributed by atoms with van der Waals surface area (Å²) in [6.45, 7) is 7.06. The highest BCUT2D eigenvalue weighted by atomic mass is 35.5. The van der Waals surface area contributed by atoms with Gasteiger partial charge in [-0.1, -0.05) is 19.9 Å². The van der Waals surface area contributed by atoms with Gasteiger partial charge in [-0.05, 0) is 29.5 Å². The number of benzene rings is 1. The van der Waals surface area contributed by atoms with Crippen molar-refractivity contribution in [3.8, 4) is 5.75 Å². The lowest BCUT2D eigenvalue weighted by atomic mass is 9.79. The molecule has 20 heavy (non-hydrogen) atoms. The molecular formula is C15H24ClFN2O. The maximum atomic E-state index is 13.7. The smallest absolute Gasteiger partial charge is 0.165 e. The van der Waals surface area contributed by atoms with Crippen molar-refractivity contribution in [1.29, 1.82) is 0 Å². The van der Waals surface area contributed by atoms with Crippen LogP contribution in [0.3, 0.4) is 0 Å². The second-order valence-electron chi connectivity index (χ2n) is 6.06. The molecule has 2 N–H and O–H groups in total. The quantitative estimate of drug-likeness (QED) is 0.933. The Labute approximate surface area is 126 Å². The topological polar surface area (TPSA) is 38.5 Å². The predicted octanol–water partition coefficient (Wildman–Crippen LogP) is 2.82. The first kappa shape index (κ1) is 17.2. The fourth-order valence-electron chi connectivity index (χ4n) is 2.69. The Morgan fingerprint density at radius 1 is 1.45 bits per heavy atom. The third-order valence-corrected chi connectivity index (χ3v) is 4.01. The molecule has 1 aliphatic heterocycles. The third-order valence-electron chi connectivity index (χ3n) is 4.01. The van der Waals surface area contributed by atoms with Crippen LogP contribution in [0.25, 0.3) is 0 Å². The summed E-state index contributed by atoms with van der Waals surface area (Å²) in [5.74, 6) is -0.00211. The van der Waals surface area contributed by atoms with Crippen molar-refractivity contribution in [2.45, 2.75) is 32.9 Å². The molecular weight excluding hydrogens is 279 g/mol. The van der Waals surface area contributed by atoms with E-state index in [0.717, 1.165) is 31.6 Å². The van der Waals surface area contributed by atoms with E-state index >= 15 is 0 Å². The molecule has 1 aliphatic rings. The van der Waals surface area contributed by atoms with Gasteiger partial charge in [-0.2, -0.15) is 0 Å². The van der Waals surface area contributed by atoms with E-state index in [2.05, 4.69) is 18.7 Å². The molecule has 114 valence electrons. The highest BCUT2D eigenvalue weighted by Gasteiger charge is 2.33. The number of likely N-dealkylation sites (tertiary alicyclic amines) is 1. The summed E-state index contributed by atoms with van der Waals surface area (Å²) in [7, 11) is 1.48. The summed E-state index contributed by atoms with van der Waals surface area (Å²) in [6, 6.07) is 5.41. The van der Waals surface area contributed by atoms with Crippen LogP contribution in [0, 0.1) is 11.2 Å². The number of hydrogen-bond donors (Lipinski definition) is 1. The Morgan fingerprint density at radius 2 is 2.15 bits per heavy atom. The van der Waals surface area contributed by atoms with Crippen molar-refractivity contribution in [2.24, 2.45) is 11.1 Å². The first-order valence-corrected chi connectivity index (χ1v) is 6.73. The third kappa shape index (κ3) is 3.84. The van der Waals surface area contributed by atoms with Gasteiger partial charge in [-0.25, -0.2) is 4.39 Å².